The van der Waals surface area contributed by atoms with Crippen LogP contribution in [-0.4, -0.2) is 41.4 Å². The summed E-state index contributed by atoms with van der Waals surface area (Å²) in [6.45, 7) is 1.07. The number of methoxy groups -OCH3 is 1. The molecule has 2 rings (SSSR count). The van der Waals surface area contributed by atoms with E-state index in [1.165, 1.54) is 0 Å². The van der Waals surface area contributed by atoms with Crippen molar-refractivity contribution in [3.05, 3.63) is 36.2 Å². The first-order chi connectivity index (χ1) is 8.83. The van der Waals surface area contributed by atoms with Gasteiger partial charge in [0.15, 0.2) is 0 Å². The van der Waals surface area contributed by atoms with Gasteiger partial charge in [0.2, 0.25) is 0 Å². The lowest BCUT2D eigenvalue weighted by Crippen LogP contribution is -2.36. The predicted molar refractivity (Wildman–Crippen MR) is 69.1 cm³/mol. The molecule has 18 heavy (non-hydrogen) atoms. The van der Waals surface area contributed by atoms with Crippen LogP contribution in [0.4, 0.5) is 0 Å². The maximum atomic E-state index is 9.13. The minimum Gasteiger partial charge on any atom is -0.395 e. The first kappa shape index (κ1) is 12.9. The summed E-state index contributed by atoms with van der Waals surface area (Å²) in [6, 6.07) is 7.67. The largest absolute Gasteiger partial charge is 0.395 e. The number of aliphatic hydroxyl groups excluding tert-OH is 1. The lowest BCUT2D eigenvalue weighted by molar-refractivity contribution is 0.128. The van der Waals surface area contributed by atoms with Crippen molar-refractivity contribution in [3.8, 4) is 0 Å². The molecule has 0 saturated carbocycles. The van der Waals surface area contributed by atoms with Gasteiger partial charge in [-0.2, -0.15) is 0 Å². The van der Waals surface area contributed by atoms with Crippen LogP contribution in [0, 0.1) is 0 Å². The molecule has 0 aliphatic heterocycles. The molecule has 2 aromatic rings. The van der Waals surface area contributed by atoms with E-state index in [2.05, 4.69) is 15.3 Å². The first-order valence-corrected chi connectivity index (χ1v) is 5.87. The van der Waals surface area contributed by atoms with Crippen molar-refractivity contribution in [1.82, 2.24) is 15.3 Å². The number of fused-ring (bicyclic) bond motifs is 1. The van der Waals surface area contributed by atoms with Gasteiger partial charge in [-0.05, 0) is 12.1 Å². The predicted octanol–water partition coefficient (Wildman–Crippen LogP) is 0.727. The van der Waals surface area contributed by atoms with Crippen molar-refractivity contribution in [3.63, 3.8) is 0 Å². The number of nitrogens with zero attached hydrogens (tertiary/aromatic N) is 2. The van der Waals surface area contributed by atoms with Crippen LogP contribution in [-0.2, 0) is 11.3 Å². The number of benzene rings is 1. The van der Waals surface area contributed by atoms with Crippen molar-refractivity contribution < 1.29 is 9.84 Å². The number of ether oxygens (including phenoxy) is 1. The van der Waals surface area contributed by atoms with Gasteiger partial charge in [-0.15, -0.1) is 0 Å². The number of nitrogens with one attached hydrogen (secondary N) is 1. The van der Waals surface area contributed by atoms with E-state index in [1.54, 1.807) is 13.3 Å². The Labute approximate surface area is 106 Å². The van der Waals surface area contributed by atoms with E-state index in [0.29, 0.717) is 13.2 Å². The maximum Gasteiger partial charge on any atom is 0.0890 e. The highest BCUT2D eigenvalue weighted by Gasteiger charge is 2.07. The van der Waals surface area contributed by atoms with E-state index in [4.69, 9.17) is 9.84 Å². The van der Waals surface area contributed by atoms with E-state index in [-0.39, 0.29) is 12.6 Å². The SMILES string of the molecule is COCC(CO)NCc1cnc2ccccc2n1. The highest BCUT2D eigenvalue weighted by Crippen LogP contribution is 2.08. The second-order valence-electron chi connectivity index (χ2n) is 4.07. The highest BCUT2D eigenvalue weighted by atomic mass is 16.5. The Kier molecular flexibility index (Phi) is 4.58. The van der Waals surface area contributed by atoms with Crippen molar-refractivity contribution >= 4 is 11.0 Å². The van der Waals surface area contributed by atoms with Gasteiger partial charge >= 0.3 is 0 Å². The topological polar surface area (TPSA) is 67.3 Å². The summed E-state index contributed by atoms with van der Waals surface area (Å²) in [5.41, 5.74) is 2.61. The molecule has 0 radical (unpaired) electrons. The summed E-state index contributed by atoms with van der Waals surface area (Å²) in [5, 5.41) is 12.3. The lowest BCUT2D eigenvalue weighted by Gasteiger charge is -2.14. The average molecular weight is 247 g/mol. The molecule has 5 nitrogen and oxygen atoms in total. The molecule has 0 aliphatic rings. The Morgan fingerprint density at radius 3 is 2.83 bits per heavy atom. The zero-order chi connectivity index (χ0) is 12.8. The smallest absolute Gasteiger partial charge is 0.0890 e. The van der Waals surface area contributed by atoms with Gasteiger partial charge < -0.3 is 15.2 Å². The Morgan fingerprint density at radius 1 is 1.33 bits per heavy atom. The maximum absolute atomic E-state index is 9.13. The molecule has 5 heteroatoms. The summed E-state index contributed by atoms with van der Waals surface area (Å²) in [4.78, 5) is 8.83. The fourth-order valence-corrected chi connectivity index (χ4v) is 1.71. The van der Waals surface area contributed by atoms with E-state index in [9.17, 15) is 0 Å². The summed E-state index contributed by atoms with van der Waals surface area (Å²) in [7, 11) is 1.61. The molecule has 96 valence electrons. The van der Waals surface area contributed by atoms with Crippen LogP contribution in [0.25, 0.3) is 11.0 Å². The van der Waals surface area contributed by atoms with Gasteiger partial charge in [0, 0.05) is 13.7 Å². The number of hydrogen-bond acceptors (Lipinski definition) is 5. The summed E-state index contributed by atoms with van der Waals surface area (Å²) in [6.07, 6.45) is 1.75. The number of para-hydroxylation sites is 2. The van der Waals surface area contributed by atoms with E-state index >= 15 is 0 Å². The molecule has 0 fully saturated rings. The minimum atomic E-state index is -0.0803. The van der Waals surface area contributed by atoms with Gasteiger partial charge in [-0.1, -0.05) is 12.1 Å². The van der Waals surface area contributed by atoms with Gasteiger partial charge in [0.25, 0.3) is 0 Å². The molecular formula is C13H17N3O2. The quantitative estimate of drug-likeness (QED) is 0.787. The van der Waals surface area contributed by atoms with Crippen LogP contribution in [0.5, 0.6) is 0 Å². The van der Waals surface area contributed by atoms with Crippen molar-refractivity contribution in [2.75, 3.05) is 20.3 Å². The number of rotatable bonds is 6. The second-order valence-corrected chi connectivity index (χ2v) is 4.07. The van der Waals surface area contributed by atoms with Crippen LogP contribution in [0.15, 0.2) is 30.5 Å². The number of aromatic nitrogens is 2. The van der Waals surface area contributed by atoms with Crippen LogP contribution in [0.3, 0.4) is 0 Å². The molecule has 0 saturated heterocycles. The molecule has 0 spiro atoms. The Bertz CT molecular complexity index is 504. The Balaban J connectivity index is 2.03. The number of aliphatic hydroxyl groups is 1. The third-order valence-corrected chi connectivity index (χ3v) is 2.66. The Hall–Kier alpha value is -1.56. The number of hydrogen-bond donors (Lipinski definition) is 2. The van der Waals surface area contributed by atoms with Crippen LogP contribution < -0.4 is 5.32 Å². The summed E-state index contributed by atoms with van der Waals surface area (Å²) >= 11 is 0. The average Bonchev–Trinajstić information content (AvgIpc) is 2.43. The molecule has 0 bridgehead atoms. The second kappa shape index (κ2) is 6.39. The molecule has 1 heterocycles. The third kappa shape index (κ3) is 3.22. The van der Waals surface area contributed by atoms with E-state index < -0.39 is 0 Å². The molecule has 1 atom stereocenters. The lowest BCUT2D eigenvalue weighted by atomic mass is 10.3. The molecule has 0 aliphatic carbocycles. The molecule has 1 aromatic heterocycles. The minimum absolute atomic E-state index is 0.0366. The van der Waals surface area contributed by atoms with Crippen molar-refractivity contribution in [2.45, 2.75) is 12.6 Å². The van der Waals surface area contributed by atoms with Crippen LogP contribution in [0.2, 0.25) is 0 Å². The van der Waals surface area contributed by atoms with Gasteiger partial charge in [0.05, 0.1) is 42.2 Å². The molecule has 1 unspecified atom stereocenters. The zero-order valence-corrected chi connectivity index (χ0v) is 10.3. The Morgan fingerprint density at radius 2 is 2.11 bits per heavy atom. The molecule has 2 N–H and O–H groups in total. The third-order valence-electron chi connectivity index (χ3n) is 2.66. The fourth-order valence-electron chi connectivity index (χ4n) is 1.71. The van der Waals surface area contributed by atoms with E-state index in [0.717, 1.165) is 16.7 Å². The van der Waals surface area contributed by atoms with Crippen LogP contribution in [0.1, 0.15) is 5.69 Å². The van der Waals surface area contributed by atoms with Crippen molar-refractivity contribution in [1.29, 1.82) is 0 Å². The van der Waals surface area contributed by atoms with Crippen molar-refractivity contribution in [2.24, 2.45) is 0 Å². The normalized spacial score (nSPS) is 12.8. The highest BCUT2D eigenvalue weighted by molar-refractivity contribution is 5.73. The standard InChI is InChI=1S/C13H17N3O2/c1-18-9-11(8-17)14-6-10-7-15-12-4-2-3-5-13(12)16-10/h2-5,7,11,14,17H,6,8-9H2,1H3. The summed E-state index contributed by atoms with van der Waals surface area (Å²) in [5.74, 6) is 0. The van der Waals surface area contributed by atoms with Gasteiger partial charge in [-0.25, -0.2) is 4.98 Å². The molecule has 0 amide bonds. The molecular weight excluding hydrogens is 230 g/mol. The molecule has 1 aromatic carbocycles. The van der Waals surface area contributed by atoms with Crippen LogP contribution >= 0.6 is 0 Å². The first-order valence-electron chi connectivity index (χ1n) is 5.87. The van der Waals surface area contributed by atoms with Gasteiger partial charge in [0.1, 0.15) is 0 Å². The monoisotopic (exact) mass is 247 g/mol. The summed E-state index contributed by atoms with van der Waals surface area (Å²) < 4.78 is 4.99. The zero-order valence-electron chi connectivity index (χ0n) is 10.3. The fraction of sp³-hybridized carbons (Fsp3) is 0.385. The van der Waals surface area contributed by atoms with E-state index in [1.807, 2.05) is 24.3 Å². The van der Waals surface area contributed by atoms with Gasteiger partial charge in [-0.3, -0.25) is 4.98 Å².